The van der Waals surface area contributed by atoms with Crippen LogP contribution in [0.1, 0.15) is 6.92 Å². The van der Waals surface area contributed by atoms with Gasteiger partial charge >= 0.3 is 0 Å². The Balaban J connectivity index is 2.71. The molecular weight excluding hydrogens is 178 g/mol. The van der Waals surface area contributed by atoms with E-state index >= 15 is 0 Å². The highest BCUT2D eigenvalue weighted by molar-refractivity contribution is 7.82. The minimum atomic E-state index is -1.54. The van der Waals surface area contributed by atoms with Crippen molar-refractivity contribution >= 4 is 11.0 Å². The second-order valence-electron chi connectivity index (χ2n) is 2.52. The third kappa shape index (κ3) is 2.40. The van der Waals surface area contributed by atoms with Crippen LogP contribution in [-0.4, -0.2) is 25.2 Å². The van der Waals surface area contributed by atoms with Gasteiger partial charge in [-0.2, -0.15) is 5.10 Å². The molecule has 0 saturated heterocycles. The zero-order chi connectivity index (χ0) is 9.14. The monoisotopic (exact) mass is 189 g/mol. The minimum absolute atomic E-state index is 0.329. The Hall–Kier alpha value is -0.720. The highest BCUT2D eigenvalue weighted by Crippen LogP contribution is 1.99. The van der Waals surface area contributed by atoms with Crippen molar-refractivity contribution in [3.05, 3.63) is 12.3 Å². The molecule has 12 heavy (non-hydrogen) atoms. The molecule has 0 aliphatic carbocycles. The van der Waals surface area contributed by atoms with Crippen molar-refractivity contribution in [1.82, 2.24) is 9.78 Å². The van der Waals surface area contributed by atoms with Gasteiger partial charge in [-0.15, -0.1) is 0 Å². The standard InChI is InChI=1S/C6H11N3O2S/c1-5(10)4-9-3-2-6(8-9)12(7)11/h2-3,5,10H,4,7H2,1H3. The Morgan fingerprint density at radius 2 is 2.58 bits per heavy atom. The molecule has 2 unspecified atom stereocenters. The van der Waals surface area contributed by atoms with Crippen LogP contribution in [0.15, 0.2) is 17.3 Å². The van der Waals surface area contributed by atoms with E-state index in [0.29, 0.717) is 11.6 Å². The summed E-state index contributed by atoms with van der Waals surface area (Å²) in [5.41, 5.74) is 0. The quantitative estimate of drug-likeness (QED) is 0.656. The fraction of sp³-hybridized carbons (Fsp3) is 0.500. The predicted octanol–water partition coefficient (Wildman–Crippen LogP) is -0.755. The number of aromatic nitrogens is 2. The summed E-state index contributed by atoms with van der Waals surface area (Å²) in [6.45, 7) is 2.04. The Labute approximate surface area is 72.8 Å². The first-order chi connectivity index (χ1) is 5.59. The Morgan fingerprint density at radius 3 is 3.00 bits per heavy atom. The number of hydrogen-bond acceptors (Lipinski definition) is 3. The fourth-order valence-corrected chi connectivity index (χ4v) is 1.20. The molecule has 0 bridgehead atoms. The fourth-order valence-electron chi connectivity index (χ4n) is 0.823. The van der Waals surface area contributed by atoms with E-state index in [9.17, 15) is 4.21 Å². The Bertz CT molecular complexity index is 284. The molecule has 1 aromatic heterocycles. The van der Waals surface area contributed by atoms with Gasteiger partial charge < -0.3 is 5.11 Å². The number of nitrogens with two attached hydrogens (primary N) is 1. The lowest BCUT2D eigenvalue weighted by Gasteiger charge is -2.02. The van der Waals surface area contributed by atoms with Gasteiger partial charge in [0.2, 0.25) is 0 Å². The van der Waals surface area contributed by atoms with Crippen molar-refractivity contribution in [2.45, 2.75) is 24.6 Å². The van der Waals surface area contributed by atoms with Crippen molar-refractivity contribution < 1.29 is 9.32 Å². The molecule has 0 aliphatic rings. The van der Waals surface area contributed by atoms with Crippen molar-refractivity contribution in [3.8, 4) is 0 Å². The highest BCUT2D eigenvalue weighted by Gasteiger charge is 2.04. The van der Waals surface area contributed by atoms with E-state index in [1.54, 1.807) is 19.2 Å². The van der Waals surface area contributed by atoms with Gasteiger partial charge in [-0.1, -0.05) is 0 Å². The summed E-state index contributed by atoms with van der Waals surface area (Å²) in [6.07, 6.45) is 1.16. The van der Waals surface area contributed by atoms with E-state index in [-0.39, 0.29) is 0 Å². The first kappa shape index (κ1) is 9.37. The summed E-state index contributed by atoms with van der Waals surface area (Å²) in [4.78, 5) is 0. The van der Waals surface area contributed by atoms with Gasteiger partial charge in [0.1, 0.15) is 11.0 Å². The third-order valence-corrected chi connectivity index (χ3v) is 1.90. The van der Waals surface area contributed by atoms with Crippen molar-refractivity contribution in [1.29, 1.82) is 0 Å². The second kappa shape index (κ2) is 3.79. The summed E-state index contributed by atoms with van der Waals surface area (Å²) in [6, 6.07) is 1.57. The SMILES string of the molecule is CC(O)Cn1ccc(S(N)=O)n1. The van der Waals surface area contributed by atoms with Gasteiger partial charge in [-0.05, 0) is 13.0 Å². The third-order valence-electron chi connectivity index (χ3n) is 1.27. The van der Waals surface area contributed by atoms with Crippen LogP contribution in [0.4, 0.5) is 0 Å². The summed E-state index contributed by atoms with van der Waals surface area (Å²) in [5.74, 6) is 0. The van der Waals surface area contributed by atoms with Gasteiger partial charge in [0.25, 0.3) is 0 Å². The van der Waals surface area contributed by atoms with Crippen LogP contribution in [0.3, 0.4) is 0 Å². The molecule has 0 aromatic carbocycles. The van der Waals surface area contributed by atoms with Gasteiger partial charge in [-0.25, -0.2) is 9.35 Å². The summed E-state index contributed by atoms with van der Waals surface area (Å²) >= 11 is 0. The zero-order valence-electron chi connectivity index (χ0n) is 6.67. The lowest BCUT2D eigenvalue weighted by molar-refractivity contribution is 0.168. The summed E-state index contributed by atoms with van der Waals surface area (Å²) in [7, 11) is -1.54. The van der Waals surface area contributed by atoms with Crippen LogP contribution in [-0.2, 0) is 17.5 Å². The second-order valence-corrected chi connectivity index (χ2v) is 3.54. The number of rotatable bonds is 3. The molecule has 0 amide bonds. The lowest BCUT2D eigenvalue weighted by Crippen LogP contribution is -2.13. The van der Waals surface area contributed by atoms with Gasteiger partial charge in [-0.3, -0.25) is 4.68 Å². The summed E-state index contributed by atoms with van der Waals surface area (Å²) < 4.78 is 12.2. The molecule has 0 aliphatic heterocycles. The number of hydrogen-bond donors (Lipinski definition) is 2. The van der Waals surface area contributed by atoms with Crippen molar-refractivity contribution in [2.75, 3.05) is 0 Å². The van der Waals surface area contributed by atoms with E-state index in [2.05, 4.69) is 5.10 Å². The largest absolute Gasteiger partial charge is 0.391 e. The van der Waals surface area contributed by atoms with E-state index in [0.717, 1.165) is 0 Å². The number of aliphatic hydroxyl groups is 1. The molecule has 2 atom stereocenters. The average Bonchev–Trinajstić information content (AvgIpc) is 2.34. The summed E-state index contributed by atoms with van der Waals surface area (Å²) in [5, 5.41) is 18.3. The Kier molecular flexibility index (Phi) is 2.96. The molecule has 5 nitrogen and oxygen atoms in total. The lowest BCUT2D eigenvalue weighted by atomic mass is 10.4. The van der Waals surface area contributed by atoms with E-state index in [1.807, 2.05) is 0 Å². The molecule has 0 fully saturated rings. The highest BCUT2D eigenvalue weighted by atomic mass is 32.2. The van der Waals surface area contributed by atoms with Crippen molar-refractivity contribution in [2.24, 2.45) is 5.14 Å². The van der Waals surface area contributed by atoms with E-state index in [4.69, 9.17) is 10.2 Å². The molecule has 1 aromatic rings. The predicted molar refractivity (Wildman–Crippen MR) is 44.5 cm³/mol. The molecule has 68 valence electrons. The van der Waals surface area contributed by atoms with Crippen LogP contribution in [0.25, 0.3) is 0 Å². The maximum atomic E-state index is 10.7. The minimum Gasteiger partial charge on any atom is -0.391 e. The molecule has 0 radical (unpaired) electrons. The van der Waals surface area contributed by atoms with Crippen LogP contribution in [0, 0.1) is 0 Å². The molecule has 0 saturated carbocycles. The van der Waals surface area contributed by atoms with Gasteiger partial charge in [0.15, 0.2) is 5.03 Å². The molecular formula is C6H11N3O2S. The maximum absolute atomic E-state index is 10.7. The molecule has 6 heteroatoms. The van der Waals surface area contributed by atoms with Gasteiger partial charge in [0.05, 0.1) is 12.6 Å². The van der Waals surface area contributed by atoms with Gasteiger partial charge in [0, 0.05) is 6.20 Å². The molecule has 1 heterocycles. The number of aliphatic hydroxyl groups excluding tert-OH is 1. The number of nitrogens with zero attached hydrogens (tertiary/aromatic N) is 2. The molecule has 1 rings (SSSR count). The average molecular weight is 189 g/mol. The topological polar surface area (TPSA) is 81.1 Å². The Morgan fingerprint density at radius 1 is 1.92 bits per heavy atom. The van der Waals surface area contributed by atoms with Crippen LogP contribution in [0.5, 0.6) is 0 Å². The van der Waals surface area contributed by atoms with E-state index in [1.165, 1.54) is 4.68 Å². The normalized spacial score (nSPS) is 15.9. The van der Waals surface area contributed by atoms with Crippen LogP contribution in [0.2, 0.25) is 0 Å². The van der Waals surface area contributed by atoms with Crippen molar-refractivity contribution in [3.63, 3.8) is 0 Å². The molecule has 0 spiro atoms. The zero-order valence-corrected chi connectivity index (χ0v) is 7.49. The first-order valence-corrected chi connectivity index (χ1v) is 4.68. The van der Waals surface area contributed by atoms with Crippen LogP contribution >= 0.6 is 0 Å². The first-order valence-electron chi connectivity index (χ1n) is 3.47. The molecule has 3 N–H and O–H groups in total. The van der Waals surface area contributed by atoms with E-state index < -0.39 is 17.1 Å². The maximum Gasteiger partial charge on any atom is 0.164 e. The smallest absolute Gasteiger partial charge is 0.164 e. The van der Waals surface area contributed by atoms with Crippen LogP contribution < -0.4 is 5.14 Å².